The van der Waals surface area contributed by atoms with Crippen LogP contribution in [0.2, 0.25) is 39.3 Å². The number of carbonyl (C=O) groups is 4. The van der Waals surface area contributed by atoms with Crippen LogP contribution in [-0.2, 0) is 10.8 Å². The van der Waals surface area contributed by atoms with Gasteiger partial charge in [0, 0.05) is 125 Å². The highest BCUT2D eigenvalue weighted by Crippen LogP contribution is 2.60. The van der Waals surface area contributed by atoms with Crippen molar-refractivity contribution < 1.29 is 62.0 Å². The number of benzene rings is 3. The average Bonchev–Trinajstić information content (AvgIpc) is 1.67. The maximum atomic E-state index is 15.3. The average molecular weight is 1340 g/mol. The summed E-state index contributed by atoms with van der Waals surface area (Å²) in [6.45, 7) is 24.6. The summed E-state index contributed by atoms with van der Waals surface area (Å²) in [7, 11) is -3.50. The largest absolute Gasteiger partial charge is 0.273 e. The lowest BCUT2D eigenvalue weighted by molar-refractivity contribution is 0.0592. The van der Waals surface area contributed by atoms with E-state index in [0.29, 0.717) is 45.2 Å². The molecule has 5 heterocycles. The summed E-state index contributed by atoms with van der Waals surface area (Å²) in [6, 6.07) is 16.4. The normalized spacial score (nSPS) is 14.7. The molecule has 0 fully saturated rings. The van der Waals surface area contributed by atoms with Crippen LogP contribution in [-0.4, -0.2) is 62.7 Å². The van der Waals surface area contributed by atoms with Gasteiger partial charge in [-0.1, -0.05) is 63.0 Å². The number of carbonyl (C=O) groups excluding carboxylic acids is 4. The van der Waals surface area contributed by atoms with E-state index < -0.39 is 50.6 Å². The third kappa shape index (κ3) is 13.3. The van der Waals surface area contributed by atoms with Crippen LogP contribution < -0.4 is 0 Å². The fourth-order valence-electron chi connectivity index (χ4n) is 11.2. The Labute approximate surface area is 604 Å². The van der Waals surface area contributed by atoms with Gasteiger partial charge in [-0.25, -0.2) is 0 Å². The summed E-state index contributed by atoms with van der Waals surface area (Å²) in [5.74, 6) is 82.5. The zero-order valence-electron chi connectivity index (χ0n) is 53.2. The number of amides is 4. The molecule has 2 aliphatic heterocycles. The molecule has 0 N–H and O–H groups in total. The second-order valence-corrected chi connectivity index (χ2v) is 36.8. The predicted molar refractivity (Wildman–Crippen MR) is 448 cm³/mol. The van der Waals surface area contributed by atoms with E-state index in [0.717, 1.165) is 57.8 Å². The van der Waals surface area contributed by atoms with E-state index in [4.69, 9.17) is 0 Å². The molecule has 10 rings (SSSR count). The molecule has 6 aromatic rings. The number of aryl methyl sites for hydroxylation is 2. The molecule has 2 aliphatic carbocycles. The van der Waals surface area contributed by atoms with Crippen molar-refractivity contribution in [2.45, 2.75) is 104 Å². The Morgan fingerprint density at radius 2 is 0.806 bits per heavy atom. The lowest BCUT2D eigenvalue weighted by Crippen LogP contribution is -2.44. The Bertz CT molecular complexity index is 5650. The number of hydrogen-bond acceptors (Lipinski definition) is 7. The lowest BCUT2D eigenvalue weighted by Gasteiger charge is -2.33. The summed E-state index contributed by atoms with van der Waals surface area (Å²) in [5.41, 5.74) is 13.5. The van der Waals surface area contributed by atoms with Crippen molar-refractivity contribution in [1.29, 1.82) is 0 Å². The molecule has 11 heteroatoms. The van der Waals surface area contributed by atoms with Crippen molar-refractivity contribution in [2.75, 3.05) is 13.1 Å². The van der Waals surface area contributed by atoms with E-state index in [1.807, 2.05) is 12.1 Å². The minimum atomic E-state index is -1.76. The highest BCUT2D eigenvalue weighted by atomic mass is 32.1. The Morgan fingerprint density at radius 1 is 0.409 bits per heavy atom. The summed E-state index contributed by atoms with van der Waals surface area (Å²) >= 11 is 4.84. The van der Waals surface area contributed by atoms with E-state index in [1.165, 1.54) is 21.1 Å². The van der Waals surface area contributed by atoms with Crippen molar-refractivity contribution in [3.8, 4) is 230 Å². The molecule has 0 bridgehead atoms. The third-order valence-electron chi connectivity index (χ3n) is 15.1. The van der Waals surface area contributed by atoms with E-state index in [9.17, 15) is 14.4 Å². The monoisotopic (exact) mass is 1340 g/mol. The van der Waals surface area contributed by atoms with Crippen LogP contribution in [0, 0.1) is 203 Å². The van der Waals surface area contributed by atoms with E-state index in [-0.39, 0.29) is 72.6 Å². The Kier molecular flexibility index (Phi) is 18.8. The van der Waals surface area contributed by atoms with Gasteiger partial charge in [-0.15, -0.1) is 56.9 Å². The van der Waals surface area contributed by atoms with Crippen molar-refractivity contribution in [1.82, 2.24) is 9.80 Å². The molecule has 500 valence electrons. The van der Waals surface area contributed by atoms with Gasteiger partial charge < -0.3 is 0 Å². The standard InChI is InChI=1S/C82H52N2O4S3Si2.30H2/c1-13-15-17-19-21-23-25-27-29-31-33-35-37-45-81(5)64-55-60-65(54-59(64)75-66(81)52-58(4)89-75)82(6,46-38-36-34-32-30-28-26-24-22-20-18-16-14-2)67-56-70(91-76(60)67)69-44-43-68(90-69)61-53-63-72-71(79(87)83(78(63)86)47-39-41-49-92(7,8)9)57(3)51-62-73(72)74(61)80(88)84(77(62)85)48-40-42-50-93(10,11)12;;;;;;;;;;;;;;;;;;;;;;;;;;;;;;/h43-44,51-56H,39-40,47-48H2,1-12H3;30*1H. The van der Waals surface area contributed by atoms with Gasteiger partial charge in [-0.2, -0.15) is 0 Å². The van der Waals surface area contributed by atoms with Crippen molar-refractivity contribution in [3.63, 3.8) is 0 Å². The molecule has 0 radical (unpaired) electrons. The van der Waals surface area contributed by atoms with Crippen LogP contribution >= 0.6 is 34.0 Å². The van der Waals surface area contributed by atoms with E-state index >= 15 is 4.79 Å². The van der Waals surface area contributed by atoms with Crippen molar-refractivity contribution in [3.05, 3.63) is 103 Å². The number of hydrogen-bond donors (Lipinski definition) is 0. The highest BCUT2D eigenvalue weighted by Gasteiger charge is 2.47. The van der Waals surface area contributed by atoms with Gasteiger partial charge >= 0.3 is 0 Å². The first-order valence-electron chi connectivity index (χ1n) is 29.4. The predicted octanol–water partition coefficient (Wildman–Crippen LogP) is 20.7. The van der Waals surface area contributed by atoms with E-state index in [1.54, 1.807) is 55.6 Å². The quantitative estimate of drug-likeness (QED) is 0.0946. The maximum Gasteiger partial charge on any atom is 0.262 e. The smallest absolute Gasteiger partial charge is 0.262 e. The molecule has 4 amide bonds. The molecule has 3 aromatic heterocycles. The van der Waals surface area contributed by atoms with Crippen LogP contribution in [0.4, 0.5) is 0 Å². The lowest BCUT2D eigenvalue weighted by atomic mass is 9.77. The topological polar surface area (TPSA) is 74.8 Å². The first-order valence-corrected chi connectivity index (χ1v) is 38.8. The fourth-order valence-corrected chi connectivity index (χ4v) is 16.0. The maximum absolute atomic E-state index is 15.3. The second kappa shape index (κ2) is 27.0. The van der Waals surface area contributed by atoms with Crippen LogP contribution in [0.1, 0.15) is 157 Å². The fraction of sp³-hybridized carbons (Fsp3) is 0.220. The zero-order chi connectivity index (χ0) is 66.2. The number of nitrogens with zero attached hydrogens (tertiary/aromatic N) is 2. The molecule has 2 atom stereocenters. The van der Waals surface area contributed by atoms with Crippen molar-refractivity contribution >= 4 is 84.6 Å². The number of fused-ring (bicyclic) bond motifs is 6. The summed E-state index contributed by atoms with van der Waals surface area (Å²) < 4.78 is 0. The van der Waals surface area contributed by atoms with Crippen LogP contribution in [0.25, 0.3) is 51.8 Å². The summed E-state index contributed by atoms with van der Waals surface area (Å²) in [4.78, 5) is 67.9. The number of thiophene rings is 3. The van der Waals surface area contributed by atoms with E-state index in [2.05, 4.69) is 273 Å². The summed E-state index contributed by atoms with van der Waals surface area (Å²) in [5, 5.41) is 0.645. The first kappa shape index (κ1) is 64.7. The second-order valence-electron chi connectivity index (χ2n) is 23.9. The molecule has 93 heavy (non-hydrogen) atoms. The molecule has 6 nitrogen and oxygen atoms in total. The number of imide groups is 2. The third-order valence-corrected chi connectivity index (χ3v) is 20.5. The van der Waals surface area contributed by atoms with Gasteiger partial charge in [0.2, 0.25) is 0 Å². The highest BCUT2D eigenvalue weighted by molar-refractivity contribution is 7.25. The van der Waals surface area contributed by atoms with Gasteiger partial charge in [-0.3, -0.25) is 29.0 Å². The molecule has 3 aromatic carbocycles. The Hall–Kier alpha value is -11.3. The van der Waals surface area contributed by atoms with Gasteiger partial charge in [0.25, 0.3) is 23.6 Å². The Balaban J connectivity index is -0.000000183. The summed E-state index contributed by atoms with van der Waals surface area (Å²) in [6.07, 6.45) is 0.606. The molecule has 4 aliphatic rings. The molecule has 0 saturated heterocycles. The molecule has 0 spiro atoms. The molecular formula is C82H112N2O4S3Si2. The van der Waals surface area contributed by atoms with Gasteiger partial charge in [-0.05, 0) is 271 Å². The minimum absolute atomic E-state index is 0. The molecule has 2 unspecified atom stereocenters. The van der Waals surface area contributed by atoms with Crippen LogP contribution in [0.3, 0.4) is 0 Å². The number of rotatable bonds is 6. The van der Waals surface area contributed by atoms with Crippen LogP contribution in [0.15, 0.2) is 48.5 Å². The van der Waals surface area contributed by atoms with Gasteiger partial charge in [0.15, 0.2) is 0 Å². The zero-order valence-corrected chi connectivity index (χ0v) is 57.6. The van der Waals surface area contributed by atoms with Crippen LogP contribution in [0.5, 0.6) is 0 Å². The minimum Gasteiger partial charge on any atom is -0.273 e. The molecular weight excluding hydrogens is 1230 g/mol. The van der Waals surface area contributed by atoms with Crippen molar-refractivity contribution in [2.24, 2.45) is 0 Å². The first-order chi connectivity index (χ1) is 44.6. The van der Waals surface area contributed by atoms with Gasteiger partial charge in [0.1, 0.15) is 16.1 Å². The van der Waals surface area contributed by atoms with Gasteiger partial charge in [0.05, 0.1) is 22.0 Å². The Morgan fingerprint density at radius 3 is 1.27 bits per heavy atom. The SMILES string of the molecule is CC#CC#CC#CC#CC#CC#CC#CC1(C)c2cc3c(cc2-c2sc(C)cc21)C(C)(C#CC#CC#CC#CC#CC#CC#CC)c1cc(-c2ccc(-c4cc5c6c(c(C)cc7c6c4C(=O)N(CCC#C[Si](C)(C)C)C7=O)C(=O)N(CCC#C[Si](C)(C)C)C5=O)s2)sc1-3.[HH].[HH].[HH].[HH].[HH].[HH].[HH].[HH].[HH].[HH].[HH].[HH].[HH].[HH].[HH].[HH].[HH].[HH].[HH].[HH].[HH].[HH].[HH].[HH].[HH].[HH].[HH].[HH].[HH].[HH]. The molecule has 0 saturated carbocycles.